The quantitative estimate of drug-likeness (QED) is 0.571. The van der Waals surface area contributed by atoms with E-state index in [1.807, 2.05) is 48.5 Å². The van der Waals surface area contributed by atoms with Crippen LogP contribution in [0.3, 0.4) is 0 Å². The van der Waals surface area contributed by atoms with Crippen LogP contribution in [0.5, 0.6) is 0 Å². The molecule has 0 saturated carbocycles. The number of para-hydroxylation sites is 2. The number of rotatable bonds is 5. The minimum atomic E-state index is -0.618. The van der Waals surface area contributed by atoms with Crippen LogP contribution >= 0.6 is 12.4 Å². The number of hydrogen-bond donors (Lipinski definition) is 2. The molecule has 170 valence electrons. The van der Waals surface area contributed by atoms with Crippen LogP contribution in [-0.4, -0.2) is 35.9 Å². The van der Waals surface area contributed by atoms with Crippen molar-refractivity contribution in [3.05, 3.63) is 71.4 Å². The van der Waals surface area contributed by atoms with Gasteiger partial charge in [0.05, 0.1) is 18.1 Å². The molecule has 0 unspecified atom stereocenters. The van der Waals surface area contributed by atoms with Gasteiger partial charge in [-0.25, -0.2) is 0 Å². The van der Waals surface area contributed by atoms with E-state index in [0.29, 0.717) is 24.9 Å². The summed E-state index contributed by atoms with van der Waals surface area (Å²) in [5.41, 5.74) is 4.27. The molecule has 1 aliphatic rings. The first-order valence-corrected chi connectivity index (χ1v) is 10.7. The topological polar surface area (TPSA) is 74.3 Å². The van der Waals surface area contributed by atoms with Gasteiger partial charge in [-0.3, -0.25) is 14.6 Å². The molecule has 2 aromatic carbocycles. The highest BCUT2D eigenvalue weighted by atomic mass is 35.5. The number of nitrogens with one attached hydrogen (secondary N) is 2. The smallest absolute Gasteiger partial charge is 0.249 e. The Balaban J connectivity index is 0.00000306. The van der Waals surface area contributed by atoms with Gasteiger partial charge in [0.1, 0.15) is 6.04 Å². The Labute approximate surface area is 200 Å². The van der Waals surface area contributed by atoms with Crippen molar-refractivity contribution >= 4 is 40.8 Å². The third-order valence-electron chi connectivity index (χ3n) is 6.05. The van der Waals surface area contributed by atoms with Crippen LogP contribution in [-0.2, 0) is 22.6 Å². The molecule has 4 rings (SSSR count). The van der Waals surface area contributed by atoms with Gasteiger partial charge in [0, 0.05) is 22.8 Å². The van der Waals surface area contributed by atoms with Gasteiger partial charge < -0.3 is 15.5 Å². The van der Waals surface area contributed by atoms with Crippen molar-refractivity contribution in [2.75, 3.05) is 11.9 Å². The summed E-state index contributed by atoms with van der Waals surface area (Å²) in [6.45, 7) is 2.07. The number of carbonyl (C=O) groups excluding carboxylic acids is 2. The number of halogens is 1. The van der Waals surface area contributed by atoms with Crippen molar-refractivity contribution in [1.82, 2.24) is 15.6 Å². The SMILES string of the molecule is C#Cc1cnc2ccccc2c1CN1C(=O)[C@@H](NC(=O)[C@H](C)NC)CCc2ccccc21.Cl. The van der Waals surface area contributed by atoms with E-state index in [2.05, 4.69) is 21.5 Å². The average Bonchev–Trinajstić information content (AvgIpc) is 2.95. The molecule has 0 saturated heterocycles. The van der Waals surface area contributed by atoms with Crippen molar-refractivity contribution in [3.63, 3.8) is 0 Å². The molecule has 2 heterocycles. The summed E-state index contributed by atoms with van der Waals surface area (Å²) in [7, 11) is 1.72. The van der Waals surface area contributed by atoms with Crippen LogP contribution in [0.25, 0.3) is 10.9 Å². The van der Waals surface area contributed by atoms with Crippen molar-refractivity contribution in [2.45, 2.75) is 38.4 Å². The Kier molecular flexibility index (Phi) is 7.70. The third kappa shape index (κ3) is 4.85. The van der Waals surface area contributed by atoms with Crippen LogP contribution in [0.4, 0.5) is 5.69 Å². The highest BCUT2D eigenvalue weighted by Gasteiger charge is 2.32. The number of terminal acetylenes is 1. The molecule has 0 radical (unpaired) electrons. The van der Waals surface area contributed by atoms with Crippen LogP contribution in [0, 0.1) is 12.3 Å². The average molecular weight is 463 g/mol. The lowest BCUT2D eigenvalue weighted by Gasteiger charge is -2.28. The number of carbonyl (C=O) groups is 2. The number of fused-ring (bicyclic) bond motifs is 2. The van der Waals surface area contributed by atoms with E-state index in [1.54, 1.807) is 25.1 Å². The number of likely N-dealkylation sites (N-methyl/N-ethyl adjacent to an activating group) is 1. The zero-order chi connectivity index (χ0) is 22.7. The number of amides is 2. The van der Waals surface area contributed by atoms with Gasteiger partial charge in [-0.05, 0) is 50.1 Å². The number of hydrogen-bond acceptors (Lipinski definition) is 4. The van der Waals surface area contributed by atoms with E-state index in [-0.39, 0.29) is 30.3 Å². The summed E-state index contributed by atoms with van der Waals surface area (Å²) in [5.74, 6) is 2.38. The highest BCUT2D eigenvalue weighted by Crippen LogP contribution is 2.31. The normalized spacial score (nSPS) is 16.2. The van der Waals surface area contributed by atoms with E-state index in [1.165, 1.54) is 0 Å². The van der Waals surface area contributed by atoms with Crippen LogP contribution in [0.15, 0.2) is 54.7 Å². The number of aryl methyl sites for hydroxylation is 1. The fourth-order valence-electron chi connectivity index (χ4n) is 4.09. The van der Waals surface area contributed by atoms with Gasteiger partial charge in [0.25, 0.3) is 0 Å². The molecule has 2 N–H and O–H groups in total. The molecule has 0 aliphatic carbocycles. The van der Waals surface area contributed by atoms with Crippen LogP contribution in [0.1, 0.15) is 30.0 Å². The molecule has 2 amide bonds. The summed E-state index contributed by atoms with van der Waals surface area (Å²) in [4.78, 5) is 32.5. The first-order valence-electron chi connectivity index (χ1n) is 10.7. The molecule has 3 aromatic rings. The van der Waals surface area contributed by atoms with Gasteiger partial charge in [-0.1, -0.05) is 42.3 Å². The standard InChI is InChI=1S/C26H26N4O2.ClH/c1-4-18-15-28-22-11-7-6-10-20(22)21(18)16-30-24-12-8-5-9-19(24)13-14-23(26(30)32)29-25(31)17(2)27-3;/h1,5-12,15,17,23,27H,13-14,16H2,2-3H3,(H,29,31);1H/t17-,23-;/m0./s1. The second-order valence-corrected chi connectivity index (χ2v) is 7.98. The van der Waals surface area contributed by atoms with Crippen molar-refractivity contribution in [1.29, 1.82) is 0 Å². The summed E-state index contributed by atoms with van der Waals surface area (Å²) in [6, 6.07) is 14.6. The second kappa shape index (κ2) is 10.5. The fraction of sp³-hybridized carbons (Fsp3) is 0.269. The second-order valence-electron chi connectivity index (χ2n) is 7.98. The summed E-state index contributed by atoms with van der Waals surface area (Å²) in [5, 5.41) is 6.77. The van der Waals surface area contributed by atoms with E-state index in [9.17, 15) is 9.59 Å². The molecular formula is C26H27ClN4O2. The lowest BCUT2D eigenvalue weighted by molar-refractivity contribution is -0.128. The summed E-state index contributed by atoms with van der Waals surface area (Å²) in [6.07, 6.45) is 8.70. The Bertz CT molecular complexity index is 1220. The predicted octanol–water partition coefficient (Wildman–Crippen LogP) is 3.21. The first kappa shape index (κ1) is 24.2. The van der Waals surface area contributed by atoms with Gasteiger partial charge >= 0.3 is 0 Å². The van der Waals surface area contributed by atoms with Crippen molar-refractivity contribution in [3.8, 4) is 12.3 Å². The van der Waals surface area contributed by atoms with E-state index < -0.39 is 6.04 Å². The molecule has 0 spiro atoms. The Morgan fingerprint density at radius 2 is 1.97 bits per heavy atom. The van der Waals surface area contributed by atoms with Crippen LogP contribution in [0.2, 0.25) is 0 Å². The maximum Gasteiger partial charge on any atom is 0.249 e. The Morgan fingerprint density at radius 1 is 1.24 bits per heavy atom. The Morgan fingerprint density at radius 3 is 2.73 bits per heavy atom. The molecule has 6 nitrogen and oxygen atoms in total. The largest absolute Gasteiger partial charge is 0.343 e. The van der Waals surface area contributed by atoms with E-state index in [0.717, 1.165) is 27.7 Å². The third-order valence-corrected chi connectivity index (χ3v) is 6.05. The molecule has 1 aliphatic heterocycles. The van der Waals surface area contributed by atoms with E-state index >= 15 is 0 Å². The first-order chi connectivity index (χ1) is 15.5. The summed E-state index contributed by atoms with van der Waals surface area (Å²) < 4.78 is 0. The minimum Gasteiger partial charge on any atom is -0.343 e. The monoisotopic (exact) mass is 462 g/mol. The Hall–Kier alpha value is -3.40. The predicted molar refractivity (Wildman–Crippen MR) is 133 cm³/mol. The molecule has 7 heteroatoms. The lowest BCUT2D eigenvalue weighted by Crippen LogP contribution is -2.52. The lowest BCUT2D eigenvalue weighted by atomic mass is 10.0. The zero-order valence-corrected chi connectivity index (χ0v) is 19.5. The number of aromatic nitrogens is 1. The van der Waals surface area contributed by atoms with Gasteiger partial charge in [0.2, 0.25) is 11.8 Å². The molecule has 33 heavy (non-hydrogen) atoms. The molecular weight excluding hydrogens is 436 g/mol. The molecule has 1 aromatic heterocycles. The maximum atomic E-state index is 13.7. The van der Waals surface area contributed by atoms with Gasteiger partial charge in [0.15, 0.2) is 0 Å². The molecule has 2 atom stereocenters. The molecule has 0 bridgehead atoms. The van der Waals surface area contributed by atoms with Crippen LogP contribution < -0.4 is 15.5 Å². The zero-order valence-electron chi connectivity index (χ0n) is 18.7. The molecule has 0 fully saturated rings. The van der Waals surface area contributed by atoms with Crippen molar-refractivity contribution in [2.24, 2.45) is 0 Å². The highest BCUT2D eigenvalue weighted by molar-refractivity contribution is 6.01. The maximum absolute atomic E-state index is 13.7. The van der Waals surface area contributed by atoms with Crippen molar-refractivity contribution < 1.29 is 9.59 Å². The number of benzene rings is 2. The van der Waals surface area contributed by atoms with Gasteiger partial charge in [-0.15, -0.1) is 18.8 Å². The number of anilines is 1. The number of pyridine rings is 1. The minimum absolute atomic E-state index is 0. The fourth-order valence-corrected chi connectivity index (χ4v) is 4.09. The van der Waals surface area contributed by atoms with E-state index in [4.69, 9.17) is 6.42 Å². The number of nitrogens with zero attached hydrogens (tertiary/aromatic N) is 2. The summed E-state index contributed by atoms with van der Waals surface area (Å²) >= 11 is 0. The van der Waals surface area contributed by atoms with Gasteiger partial charge in [-0.2, -0.15) is 0 Å².